The second-order valence-electron chi connectivity index (χ2n) is 2.36. The third-order valence-electron chi connectivity index (χ3n) is 1.43. The fourth-order valence-corrected chi connectivity index (χ4v) is 0.828. The first-order valence-corrected chi connectivity index (χ1v) is 3.38. The van der Waals surface area contributed by atoms with Crippen LogP contribution in [0.15, 0.2) is 18.2 Å². The maximum Gasteiger partial charge on any atom is 0.221 e. The van der Waals surface area contributed by atoms with Gasteiger partial charge in [0.25, 0.3) is 0 Å². The van der Waals surface area contributed by atoms with Crippen LogP contribution in [0, 0.1) is 11.6 Å². The van der Waals surface area contributed by atoms with Gasteiger partial charge in [-0.1, -0.05) is 0 Å². The second-order valence-corrected chi connectivity index (χ2v) is 2.36. The van der Waals surface area contributed by atoms with E-state index in [-0.39, 0.29) is 0 Å². The first-order chi connectivity index (χ1) is 6.02. The normalized spacial score (nSPS) is 10.5. The SMILES string of the molecule is O=C(c1ccc(F)cc1F)C(O)O. The van der Waals surface area contributed by atoms with Gasteiger partial charge in [0, 0.05) is 6.07 Å². The van der Waals surface area contributed by atoms with E-state index in [0.29, 0.717) is 6.07 Å². The standard InChI is InChI=1S/C8H6F2O3/c9-4-1-2-5(6(10)3-4)7(11)8(12)13/h1-3,8,12-13H. The molecule has 0 aliphatic heterocycles. The minimum atomic E-state index is -2.28. The molecular formula is C8H6F2O3. The number of Topliss-reactive ketones (excluding diaryl/α,β-unsaturated/α-hetero) is 1. The molecule has 3 nitrogen and oxygen atoms in total. The van der Waals surface area contributed by atoms with Crippen LogP contribution in [0.3, 0.4) is 0 Å². The lowest BCUT2D eigenvalue weighted by Gasteiger charge is -2.03. The quantitative estimate of drug-likeness (QED) is 0.523. The molecule has 0 spiro atoms. The first kappa shape index (κ1) is 9.76. The second kappa shape index (κ2) is 3.59. The van der Waals surface area contributed by atoms with Gasteiger partial charge < -0.3 is 10.2 Å². The predicted molar refractivity (Wildman–Crippen MR) is 38.9 cm³/mol. The van der Waals surface area contributed by atoms with Gasteiger partial charge in [0.2, 0.25) is 12.1 Å². The summed E-state index contributed by atoms with van der Waals surface area (Å²) >= 11 is 0. The summed E-state index contributed by atoms with van der Waals surface area (Å²) < 4.78 is 25.1. The van der Waals surface area contributed by atoms with Crippen LogP contribution in [-0.4, -0.2) is 22.3 Å². The molecule has 1 aromatic carbocycles. The summed E-state index contributed by atoms with van der Waals surface area (Å²) in [6.07, 6.45) is -2.28. The van der Waals surface area contributed by atoms with E-state index in [1.54, 1.807) is 0 Å². The van der Waals surface area contributed by atoms with Crippen molar-refractivity contribution in [1.82, 2.24) is 0 Å². The molecule has 0 saturated carbocycles. The van der Waals surface area contributed by atoms with Crippen LogP contribution in [0.25, 0.3) is 0 Å². The van der Waals surface area contributed by atoms with Crippen molar-refractivity contribution in [3.8, 4) is 0 Å². The highest BCUT2D eigenvalue weighted by Crippen LogP contribution is 2.11. The summed E-state index contributed by atoms with van der Waals surface area (Å²) in [4.78, 5) is 10.8. The minimum Gasteiger partial charge on any atom is -0.362 e. The number of halogens is 2. The van der Waals surface area contributed by atoms with Gasteiger partial charge in [-0.15, -0.1) is 0 Å². The fraction of sp³-hybridized carbons (Fsp3) is 0.125. The molecule has 0 heterocycles. The maximum absolute atomic E-state index is 12.8. The Kier molecular flexibility index (Phi) is 2.69. The first-order valence-electron chi connectivity index (χ1n) is 3.38. The zero-order chi connectivity index (χ0) is 10.0. The summed E-state index contributed by atoms with van der Waals surface area (Å²) in [5.74, 6) is -3.14. The van der Waals surface area contributed by atoms with Gasteiger partial charge in [-0.2, -0.15) is 0 Å². The van der Waals surface area contributed by atoms with Crippen molar-refractivity contribution in [2.24, 2.45) is 0 Å². The van der Waals surface area contributed by atoms with Gasteiger partial charge in [0.1, 0.15) is 11.6 Å². The molecule has 5 heteroatoms. The molecule has 0 atom stereocenters. The average Bonchev–Trinajstić information content (AvgIpc) is 2.03. The van der Waals surface area contributed by atoms with E-state index >= 15 is 0 Å². The summed E-state index contributed by atoms with van der Waals surface area (Å²) in [5.41, 5.74) is -0.545. The lowest BCUT2D eigenvalue weighted by atomic mass is 10.1. The minimum absolute atomic E-state index is 0.496. The Morgan fingerprint density at radius 1 is 1.31 bits per heavy atom. The molecule has 1 rings (SSSR count). The van der Waals surface area contributed by atoms with E-state index in [0.717, 1.165) is 12.1 Å². The van der Waals surface area contributed by atoms with Crippen molar-refractivity contribution in [3.63, 3.8) is 0 Å². The number of ketones is 1. The third kappa shape index (κ3) is 2.07. The Morgan fingerprint density at radius 3 is 2.38 bits per heavy atom. The van der Waals surface area contributed by atoms with Gasteiger partial charge in [-0.3, -0.25) is 4.79 Å². The van der Waals surface area contributed by atoms with Gasteiger partial charge in [-0.25, -0.2) is 8.78 Å². The van der Waals surface area contributed by atoms with Crippen molar-refractivity contribution in [2.75, 3.05) is 0 Å². The number of aliphatic hydroxyl groups excluding tert-OH is 1. The van der Waals surface area contributed by atoms with Crippen molar-refractivity contribution >= 4 is 5.78 Å². The molecular weight excluding hydrogens is 182 g/mol. The van der Waals surface area contributed by atoms with Crippen LogP contribution in [0.4, 0.5) is 8.78 Å². The highest BCUT2D eigenvalue weighted by atomic mass is 19.1. The van der Waals surface area contributed by atoms with E-state index < -0.39 is 29.3 Å². The molecule has 0 saturated heterocycles. The zero-order valence-corrected chi connectivity index (χ0v) is 6.37. The molecule has 0 aliphatic rings. The van der Waals surface area contributed by atoms with Crippen LogP contribution in [-0.2, 0) is 0 Å². The predicted octanol–water partition coefficient (Wildman–Crippen LogP) is 0.458. The van der Waals surface area contributed by atoms with Gasteiger partial charge in [-0.05, 0) is 12.1 Å². The molecule has 0 aromatic heterocycles. The Morgan fingerprint density at radius 2 is 1.92 bits per heavy atom. The Balaban J connectivity index is 3.09. The van der Waals surface area contributed by atoms with Crippen molar-refractivity contribution in [1.29, 1.82) is 0 Å². The monoisotopic (exact) mass is 188 g/mol. The van der Waals surface area contributed by atoms with Crippen molar-refractivity contribution in [3.05, 3.63) is 35.4 Å². The lowest BCUT2D eigenvalue weighted by Crippen LogP contribution is -2.20. The van der Waals surface area contributed by atoms with Gasteiger partial charge in [0.05, 0.1) is 5.56 Å². The number of benzene rings is 1. The summed E-state index contributed by atoms with van der Waals surface area (Å²) in [5, 5.41) is 16.8. The fourth-order valence-electron chi connectivity index (χ4n) is 0.828. The molecule has 0 aliphatic carbocycles. The molecule has 0 unspecified atom stereocenters. The summed E-state index contributed by atoms with van der Waals surface area (Å²) in [6, 6.07) is 2.21. The van der Waals surface area contributed by atoms with Crippen LogP contribution < -0.4 is 0 Å². The molecule has 0 bridgehead atoms. The summed E-state index contributed by atoms with van der Waals surface area (Å²) in [7, 11) is 0. The lowest BCUT2D eigenvalue weighted by molar-refractivity contribution is -0.0198. The number of carbonyl (C=O) groups is 1. The van der Waals surface area contributed by atoms with E-state index in [1.165, 1.54) is 0 Å². The highest BCUT2D eigenvalue weighted by molar-refractivity contribution is 5.98. The van der Waals surface area contributed by atoms with Crippen LogP contribution >= 0.6 is 0 Å². The van der Waals surface area contributed by atoms with Crippen LogP contribution in [0.2, 0.25) is 0 Å². The molecule has 2 N–H and O–H groups in total. The number of hydrogen-bond acceptors (Lipinski definition) is 3. The number of rotatable bonds is 2. The smallest absolute Gasteiger partial charge is 0.221 e. The maximum atomic E-state index is 12.8. The van der Waals surface area contributed by atoms with Gasteiger partial charge in [0.15, 0.2) is 0 Å². The van der Waals surface area contributed by atoms with E-state index in [9.17, 15) is 13.6 Å². The van der Waals surface area contributed by atoms with E-state index in [1.807, 2.05) is 0 Å². The molecule has 0 amide bonds. The van der Waals surface area contributed by atoms with E-state index in [2.05, 4.69) is 0 Å². The molecule has 1 aromatic rings. The average molecular weight is 188 g/mol. The van der Waals surface area contributed by atoms with Crippen LogP contribution in [0.5, 0.6) is 0 Å². The Labute approximate surface area is 72.2 Å². The van der Waals surface area contributed by atoms with Crippen molar-refractivity contribution in [2.45, 2.75) is 6.29 Å². The molecule has 0 radical (unpaired) electrons. The Hall–Kier alpha value is -1.33. The molecule has 0 fully saturated rings. The Bertz CT molecular complexity index is 336. The number of carbonyl (C=O) groups excluding carboxylic acids is 1. The molecule has 70 valence electrons. The topological polar surface area (TPSA) is 57.5 Å². The summed E-state index contributed by atoms with van der Waals surface area (Å²) in [6.45, 7) is 0. The number of hydrogen-bond donors (Lipinski definition) is 2. The zero-order valence-electron chi connectivity index (χ0n) is 6.37. The highest BCUT2D eigenvalue weighted by Gasteiger charge is 2.18. The van der Waals surface area contributed by atoms with Crippen molar-refractivity contribution < 1.29 is 23.8 Å². The third-order valence-corrected chi connectivity index (χ3v) is 1.43. The van der Waals surface area contributed by atoms with E-state index in [4.69, 9.17) is 10.2 Å². The largest absolute Gasteiger partial charge is 0.362 e. The van der Waals surface area contributed by atoms with Gasteiger partial charge >= 0.3 is 0 Å². The molecule has 13 heavy (non-hydrogen) atoms. The number of aliphatic hydroxyl groups is 2. The van der Waals surface area contributed by atoms with Crippen LogP contribution in [0.1, 0.15) is 10.4 Å².